The van der Waals surface area contributed by atoms with Crippen molar-refractivity contribution >= 4 is 17.1 Å². The molecule has 0 saturated heterocycles. The van der Waals surface area contributed by atoms with Crippen molar-refractivity contribution in [2.75, 3.05) is 0 Å². The van der Waals surface area contributed by atoms with Crippen LogP contribution < -0.4 is 0 Å². The summed E-state index contributed by atoms with van der Waals surface area (Å²) in [7, 11) is 0. The maximum Gasteiger partial charge on any atom is 0.212 e. The number of carbonyl (C=O) groups is 1. The van der Waals surface area contributed by atoms with Crippen LogP contribution in [0.2, 0.25) is 0 Å². The van der Waals surface area contributed by atoms with E-state index < -0.39 is 0 Å². The molecule has 76 valence electrons. The normalized spacial score (nSPS) is 10.3. The lowest BCUT2D eigenvalue weighted by molar-refractivity contribution is 0.103. The lowest BCUT2D eigenvalue weighted by Gasteiger charge is -1.97. The molecule has 0 fully saturated rings. The highest BCUT2D eigenvalue weighted by atomic mass is 32.1. The third-order valence-corrected chi connectivity index (χ3v) is 3.00. The summed E-state index contributed by atoms with van der Waals surface area (Å²) >= 11 is 1.58. The molecule has 15 heavy (non-hydrogen) atoms. The van der Waals surface area contributed by atoms with Gasteiger partial charge >= 0.3 is 0 Å². The Hall–Kier alpha value is -1.48. The molecule has 0 aromatic carbocycles. The van der Waals surface area contributed by atoms with Crippen LogP contribution >= 0.6 is 11.3 Å². The van der Waals surface area contributed by atoms with Crippen LogP contribution in [0.1, 0.15) is 26.5 Å². The molecule has 0 amide bonds. The van der Waals surface area contributed by atoms with Gasteiger partial charge in [0.25, 0.3) is 0 Å². The van der Waals surface area contributed by atoms with E-state index in [1.165, 1.54) is 0 Å². The van der Waals surface area contributed by atoms with Gasteiger partial charge in [0, 0.05) is 22.0 Å². The third kappa shape index (κ3) is 2.13. The molecule has 0 aliphatic carbocycles. The molecule has 0 bridgehead atoms. The number of hydrogen-bond donors (Lipinski definition) is 0. The van der Waals surface area contributed by atoms with Gasteiger partial charge in [-0.15, -0.1) is 11.3 Å². The standard InChI is InChI=1S/C12H11NOS/c1-8-3-4-11(13-6-8)12(14)10-5-9(2)15-7-10/h3-7H,1-2H3. The SMILES string of the molecule is Cc1ccc(C(=O)c2csc(C)c2)nc1. The maximum atomic E-state index is 11.9. The summed E-state index contributed by atoms with van der Waals surface area (Å²) in [6.45, 7) is 3.94. The monoisotopic (exact) mass is 217 g/mol. The average Bonchev–Trinajstić information content (AvgIpc) is 2.65. The Morgan fingerprint density at radius 2 is 2.13 bits per heavy atom. The molecule has 2 nitrogen and oxygen atoms in total. The van der Waals surface area contributed by atoms with Gasteiger partial charge in [0.15, 0.2) is 0 Å². The van der Waals surface area contributed by atoms with Crippen LogP contribution in [0.5, 0.6) is 0 Å². The van der Waals surface area contributed by atoms with Gasteiger partial charge in [-0.3, -0.25) is 9.78 Å². The van der Waals surface area contributed by atoms with E-state index in [4.69, 9.17) is 0 Å². The summed E-state index contributed by atoms with van der Waals surface area (Å²) in [5.74, 6) is -0.000602. The van der Waals surface area contributed by atoms with E-state index in [2.05, 4.69) is 4.98 Å². The molecule has 2 rings (SSSR count). The van der Waals surface area contributed by atoms with Crippen LogP contribution in [0.25, 0.3) is 0 Å². The molecule has 0 saturated carbocycles. The van der Waals surface area contributed by atoms with Crippen LogP contribution in [0.4, 0.5) is 0 Å². The quantitative estimate of drug-likeness (QED) is 0.724. The summed E-state index contributed by atoms with van der Waals surface area (Å²) in [6.07, 6.45) is 1.71. The number of ketones is 1. The highest BCUT2D eigenvalue weighted by Crippen LogP contribution is 2.16. The zero-order chi connectivity index (χ0) is 10.8. The van der Waals surface area contributed by atoms with Crippen LogP contribution in [0.15, 0.2) is 29.8 Å². The first kappa shape index (κ1) is 10.1. The molecule has 0 aliphatic heterocycles. The smallest absolute Gasteiger partial charge is 0.212 e. The van der Waals surface area contributed by atoms with Gasteiger partial charge in [0.1, 0.15) is 5.69 Å². The fourth-order valence-electron chi connectivity index (χ4n) is 1.31. The Bertz CT molecular complexity index is 485. The lowest BCUT2D eigenvalue weighted by Crippen LogP contribution is -2.02. The predicted octanol–water partition coefficient (Wildman–Crippen LogP) is 2.99. The van der Waals surface area contributed by atoms with Gasteiger partial charge in [-0.2, -0.15) is 0 Å². The van der Waals surface area contributed by atoms with Gasteiger partial charge < -0.3 is 0 Å². The second-order valence-electron chi connectivity index (χ2n) is 3.50. The van der Waals surface area contributed by atoms with Gasteiger partial charge in [0.05, 0.1) is 0 Å². The molecule has 0 spiro atoms. The Morgan fingerprint density at radius 1 is 1.33 bits per heavy atom. The van der Waals surface area contributed by atoms with Crippen molar-refractivity contribution in [3.05, 3.63) is 51.5 Å². The Kier molecular flexibility index (Phi) is 2.64. The zero-order valence-corrected chi connectivity index (χ0v) is 9.47. The topological polar surface area (TPSA) is 30.0 Å². The van der Waals surface area contributed by atoms with Crippen molar-refractivity contribution in [2.24, 2.45) is 0 Å². The van der Waals surface area contributed by atoms with Gasteiger partial charge in [0.2, 0.25) is 5.78 Å². The molecule has 0 radical (unpaired) electrons. The number of carbonyl (C=O) groups excluding carboxylic acids is 1. The van der Waals surface area contributed by atoms with Crippen LogP contribution in [-0.4, -0.2) is 10.8 Å². The zero-order valence-electron chi connectivity index (χ0n) is 8.65. The molecular formula is C12H11NOS. The molecule has 2 aromatic rings. The number of aromatic nitrogens is 1. The molecule has 3 heteroatoms. The minimum Gasteiger partial charge on any atom is -0.287 e. The molecular weight excluding hydrogens is 206 g/mol. The summed E-state index contributed by atoms with van der Waals surface area (Å²) in [4.78, 5) is 17.2. The molecule has 2 aromatic heterocycles. The average molecular weight is 217 g/mol. The number of rotatable bonds is 2. The molecule has 0 unspecified atom stereocenters. The minimum atomic E-state index is -0.000602. The number of aryl methyl sites for hydroxylation is 2. The van der Waals surface area contributed by atoms with E-state index in [9.17, 15) is 4.79 Å². The number of pyridine rings is 1. The van der Waals surface area contributed by atoms with Crippen molar-refractivity contribution in [3.63, 3.8) is 0 Å². The van der Waals surface area contributed by atoms with E-state index in [-0.39, 0.29) is 5.78 Å². The molecule has 0 N–H and O–H groups in total. The Morgan fingerprint density at radius 3 is 2.67 bits per heavy atom. The number of thiophene rings is 1. The van der Waals surface area contributed by atoms with Gasteiger partial charge in [-0.25, -0.2) is 0 Å². The Balaban J connectivity index is 2.32. The summed E-state index contributed by atoms with van der Waals surface area (Å²) in [6, 6.07) is 5.57. The fourth-order valence-corrected chi connectivity index (χ4v) is 2.00. The van der Waals surface area contributed by atoms with Gasteiger partial charge in [-0.05, 0) is 31.5 Å². The first-order valence-electron chi connectivity index (χ1n) is 4.69. The van der Waals surface area contributed by atoms with Crippen LogP contribution in [0, 0.1) is 13.8 Å². The van der Waals surface area contributed by atoms with Crippen molar-refractivity contribution in [1.29, 1.82) is 0 Å². The second-order valence-corrected chi connectivity index (χ2v) is 4.61. The summed E-state index contributed by atoms with van der Waals surface area (Å²) in [5, 5.41) is 1.87. The van der Waals surface area contributed by atoms with E-state index >= 15 is 0 Å². The summed E-state index contributed by atoms with van der Waals surface area (Å²) in [5.41, 5.74) is 2.31. The molecule has 2 heterocycles. The second kappa shape index (κ2) is 3.95. The van der Waals surface area contributed by atoms with Crippen LogP contribution in [0.3, 0.4) is 0 Å². The largest absolute Gasteiger partial charge is 0.287 e. The van der Waals surface area contributed by atoms with Crippen molar-refractivity contribution in [1.82, 2.24) is 4.98 Å². The van der Waals surface area contributed by atoms with E-state index in [0.29, 0.717) is 5.69 Å². The number of hydrogen-bond acceptors (Lipinski definition) is 3. The highest BCUT2D eigenvalue weighted by Gasteiger charge is 2.11. The lowest BCUT2D eigenvalue weighted by atomic mass is 10.1. The van der Waals surface area contributed by atoms with E-state index in [1.54, 1.807) is 23.6 Å². The van der Waals surface area contributed by atoms with E-state index in [1.807, 2.05) is 31.4 Å². The molecule has 0 atom stereocenters. The number of nitrogens with zero attached hydrogens (tertiary/aromatic N) is 1. The highest BCUT2D eigenvalue weighted by molar-refractivity contribution is 7.10. The van der Waals surface area contributed by atoms with Gasteiger partial charge in [-0.1, -0.05) is 6.07 Å². The first-order valence-corrected chi connectivity index (χ1v) is 5.57. The van der Waals surface area contributed by atoms with E-state index in [0.717, 1.165) is 16.0 Å². The van der Waals surface area contributed by atoms with Crippen molar-refractivity contribution < 1.29 is 4.79 Å². The maximum absolute atomic E-state index is 11.9. The van der Waals surface area contributed by atoms with Crippen molar-refractivity contribution in [2.45, 2.75) is 13.8 Å². The predicted molar refractivity (Wildman–Crippen MR) is 61.5 cm³/mol. The van der Waals surface area contributed by atoms with Crippen molar-refractivity contribution in [3.8, 4) is 0 Å². The fraction of sp³-hybridized carbons (Fsp3) is 0.167. The Labute approximate surface area is 92.6 Å². The molecule has 0 aliphatic rings. The minimum absolute atomic E-state index is 0.000602. The first-order chi connectivity index (χ1) is 7.16. The van der Waals surface area contributed by atoms with Crippen LogP contribution in [-0.2, 0) is 0 Å². The summed E-state index contributed by atoms with van der Waals surface area (Å²) < 4.78 is 0. The third-order valence-electron chi connectivity index (χ3n) is 2.14.